The highest BCUT2D eigenvalue weighted by atomic mass is 32.1. The van der Waals surface area contributed by atoms with Crippen molar-refractivity contribution in [3.05, 3.63) is 4.77 Å². The van der Waals surface area contributed by atoms with Crippen LogP contribution in [0.2, 0.25) is 0 Å². The van der Waals surface area contributed by atoms with Crippen LogP contribution < -0.4 is 0 Å². The molecular weight excluding hydrogens is 188 g/mol. The molecule has 2 heterocycles. The van der Waals surface area contributed by atoms with E-state index < -0.39 is 0 Å². The number of rotatable bonds is 1. The van der Waals surface area contributed by atoms with Gasteiger partial charge in [0.2, 0.25) is 4.77 Å². The topological polar surface area (TPSA) is 55.7 Å². The van der Waals surface area contributed by atoms with Gasteiger partial charge < -0.3 is 4.74 Å². The second-order valence-corrected chi connectivity index (χ2v) is 3.94. The molecule has 1 N–H and O–H groups in total. The fourth-order valence-electron chi connectivity index (χ4n) is 1.64. The van der Waals surface area contributed by atoms with Crippen LogP contribution in [0.5, 0.6) is 0 Å². The predicted octanol–water partition coefficient (Wildman–Crippen LogP) is 0.861. The third-order valence-corrected chi connectivity index (χ3v) is 2.69. The van der Waals surface area contributed by atoms with Crippen LogP contribution in [0, 0.1) is 4.77 Å². The van der Waals surface area contributed by atoms with Gasteiger partial charge in [-0.3, -0.25) is 0 Å². The van der Waals surface area contributed by atoms with Gasteiger partial charge >= 0.3 is 0 Å². The van der Waals surface area contributed by atoms with Gasteiger partial charge in [-0.15, -0.1) is 0 Å². The number of nitrogens with zero attached hydrogens (tertiary/aromatic N) is 3. The number of nitrogens with one attached hydrogen (secondary N) is 1. The molecule has 2 rings (SSSR count). The Hall–Kier alpha value is -0.750. The maximum atomic E-state index is 5.42. The van der Waals surface area contributed by atoms with E-state index >= 15 is 0 Å². The minimum atomic E-state index is -0.0984. The Morgan fingerprint density at radius 3 is 3.08 bits per heavy atom. The van der Waals surface area contributed by atoms with Crippen molar-refractivity contribution in [1.82, 2.24) is 20.2 Å². The summed E-state index contributed by atoms with van der Waals surface area (Å²) in [6, 6.07) is 0. The third-order valence-electron chi connectivity index (χ3n) is 2.43. The molecule has 0 radical (unpaired) electrons. The SMILES string of the molecule is CC1(n2[nH]nnc2=S)CCCOC1. The van der Waals surface area contributed by atoms with E-state index in [9.17, 15) is 0 Å². The lowest BCUT2D eigenvalue weighted by Gasteiger charge is -2.33. The van der Waals surface area contributed by atoms with Gasteiger partial charge in [0, 0.05) is 6.61 Å². The fraction of sp³-hybridized carbons (Fsp3) is 0.857. The highest BCUT2D eigenvalue weighted by Gasteiger charge is 2.31. The Bertz CT molecular complexity index is 338. The van der Waals surface area contributed by atoms with Crippen molar-refractivity contribution in [1.29, 1.82) is 0 Å². The van der Waals surface area contributed by atoms with Crippen LogP contribution in [0.15, 0.2) is 0 Å². The zero-order valence-electron chi connectivity index (χ0n) is 7.49. The number of ether oxygens (including phenoxy) is 1. The normalized spacial score (nSPS) is 29.0. The number of hydrogen-bond donors (Lipinski definition) is 1. The minimum absolute atomic E-state index is 0.0984. The number of tetrazole rings is 1. The third kappa shape index (κ3) is 1.51. The molecule has 0 amide bonds. The summed E-state index contributed by atoms with van der Waals surface area (Å²) in [7, 11) is 0. The van der Waals surface area contributed by atoms with E-state index in [0.29, 0.717) is 11.4 Å². The van der Waals surface area contributed by atoms with E-state index in [0.717, 1.165) is 19.4 Å². The van der Waals surface area contributed by atoms with Gasteiger partial charge in [0.1, 0.15) is 0 Å². The zero-order valence-corrected chi connectivity index (χ0v) is 8.30. The van der Waals surface area contributed by atoms with Crippen molar-refractivity contribution < 1.29 is 4.74 Å². The summed E-state index contributed by atoms with van der Waals surface area (Å²) in [5.41, 5.74) is -0.0984. The van der Waals surface area contributed by atoms with E-state index in [1.54, 1.807) is 0 Å². The Morgan fingerprint density at radius 2 is 2.54 bits per heavy atom. The summed E-state index contributed by atoms with van der Waals surface area (Å²) < 4.78 is 7.72. The second kappa shape index (κ2) is 3.19. The fourth-order valence-corrected chi connectivity index (χ4v) is 1.95. The molecule has 6 heteroatoms. The van der Waals surface area contributed by atoms with Crippen LogP contribution in [0.25, 0.3) is 0 Å². The predicted molar refractivity (Wildman–Crippen MR) is 48.9 cm³/mol. The molecule has 1 atom stereocenters. The molecule has 0 aromatic carbocycles. The maximum Gasteiger partial charge on any atom is 0.238 e. The second-order valence-electron chi connectivity index (χ2n) is 3.57. The van der Waals surface area contributed by atoms with Crippen LogP contribution in [-0.2, 0) is 10.3 Å². The van der Waals surface area contributed by atoms with E-state index in [1.807, 2.05) is 4.68 Å². The molecule has 1 saturated heterocycles. The summed E-state index contributed by atoms with van der Waals surface area (Å²) >= 11 is 5.04. The van der Waals surface area contributed by atoms with E-state index in [4.69, 9.17) is 17.0 Å². The van der Waals surface area contributed by atoms with Gasteiger partial charge in [-0.1, -0.05) is 10.3 Å². The quantitative estimate of drug-likeness (QED) is 0.683. The van der Waals surface area contributed by atoms with Crippen molar-refractivity contribution in [3.63, 3.8) is 0 Å². The molecule has 1 aromatic rings. The molecule has 0 bridgehead atoms. The first kappa shape index (κ1) is 8.83. The van der Waals surface area contributed by atoms with E-state index in [2.05, 4.69) is 22.4 Å². The summed E-state index contributed by atoms with van der Waals surface area (Å²) in [6.07, 6.45) is 2.10. The average molecular weight is 200 g/mol. The van der Waals surface area contributed by atoms with Crippen LogP contribution in [0.3, 0.4) is 0 Å². The highest BCUT2D eigenvalue weighted by molar-refractivity contribution is 7.71. The number of H-pyrrole nitrogens is 1. The van der Waals surface area contributed by atoms with Gasteiger partial charge in [0.25, 0.3) is 0 Å². The van der Waals surface area contributed by atoms with Gasteiger partial charge in [-0.2, -0.15) is 5.21 Å². The largest absolute Gasteiger partial charge is 0.379 e. The first-order valence-electron chi connectivity index (χ1n) is 4.31. The molecular formula is C7H12N4OS. The van der Waals surface area contributed by atoms with Crippen molar-refractivity contribution in [2.45, 2.75) is 25.3 Å². The molecule has 13 heavy (non-hydrogen) atoms. The van der Waals surface area contributed by atoms with Crippen molar-refractivity contribution in [2.24, 2.45) is 0 Å². The monoisotopic (exact) mass is 200 g/mol. The van der Waals surface area contributed by atoms with Crippen LogP contribution in [-0.4, -0.2) is 33.4 Å². The number of aromatic nitrogens is 4. The lowest BCUT2D eigenvalue weighted by Crippen LogP contribution is -2.39. The standard InChI is InChI=1S/C7H12N4OS/c1-7(3-2-4-12-5-7)11-6(13)8-9-10-11/h2-5H2,1H3,(H,8,10,13). The summed E-state index contributed by atoms with van der Waals surface area (Å²) in [5.74, 6) is 0. The molecule has 0 aliphatic carbocycles. The summed E-state index contributed by atoms with van der Waals surface area (Å²) in [4.78, 5) is 0. The van der Waals surface area contributed by atoms with Gasteiger partial charge in [-0.25, -0.2) is 4.68 Å². The average Bonchev–Trinajstić information content (AvgIpc) is 2.53. The molecule has 1 aliphatic rings. The zero-order chi connectivity index (χ0) is 9.31. The Kier molecular flexibility index (Phi) is 2.17. The smallest absolute Gasteiger partial charge is 0.238 e. The van der Waals surface area contributed by atoms with Gasteiger partial charge in [-0.05, 0) is 32.0 Å². The lowest BCUT2D eigenvalue weighted by atomic mass is 9.95. The molecule has 0 spiro atoms. The molecule has 5 nitrogen and oxygen atoms in total. The molecule has 0 saturated carbocycles. The Balaban J connectivity index is 2.33. The van der Waals surface area contributed by atoms with Crippen molar-refractivity contribution in [3.8, 4) is 0 Å². The van der Waals surface area contributed by atoms with Crippen LogP contribution in [0.4, 0.5) is 0 Å². The van der Waals surface area contributed by atoms with Gasteiger partial charge in [0.15, 0.2) is 0 Å². The number of hydrogen-bond acceptors (Lipinski definition) is 4. The Labute approximate surface area is 81.1 Å². The van der Waals surface area contributed by atoms with Gasteiger partial charge in [0.05, 0.1) is 12.1 Å². The molecule has 1 unspecified atom stereocenters. The van der Waals surface area contributed by atoms with Crippen LogP contribution in [0.1, 0.15) is 19.8 Å². The molecule has 1 aromatic heterocycles. The van der Waals surface area contributed by atoms with E-state index in [-0.39, 0.29) is 5.54 Å². The number of aromatic amines is 1. The summed E-state index contributed by atoms with van der Waals surface area (Å²) in [6.45, 7) is 3.61. The Morgan fingerprint density at radius 1 is 1.69 bits per heavy atom. The van der Waals surface area contributed by atoms with Crippen molar-refractivity contribution in [2.75, 3.05) is 13.2 Å². The highest BCUT2D eigenvalue weighted by Crippen LogP contribution is 2.25. The molecule has 1 fully saturated rings. The lowest BCUT2D eigenvalue weighted by molar-refractivity contribution is 0.00189. The van der Waals surface area contributed by atoms with Crippen LogP contribution >= 0.6 is 12.2 Å². The molecule has 72 valence electrons. The summed E-state index contributed by atoms with van der Waals surface area (Å²) in [5, 5.41) is 10.2. The first-order valence-corrected chi connectivity index (χ1v) is 4.71. The van der Waals surface area contributed by atoms with E-state index in [1.165, 1.54) is 0 Å². The first-order chi connectivity index (χ1) is 6.22. The minimum Gasteiger partial charge on any atom is -0.379 e. The molecule has 1 aliphatic heterocycles. The maximum absolute atomic E-state index is 5.42. The van der Waals surface area contributed by atoms with Crippen molar-refractivity contribution >= 4 is 12.2 Å².